The van der Waals surface area contributed by atoms with Crippen LogP contribution in [0.3, 0.4) is 0 Å². The Morgan fingerprint density at radius 1 is 1.13 bits per heavy atom. The fourth-order valence-corrected chi connectivity index (χ4v) is 3.34. The molecule has 0 aliphatic rings. The Kier molecular flexibility index (Phi) is 5.75. The number of furan rings is 1. The van der Waals surface area contributed by atoms with Gasteiger partial charge in [0.25, 0.3) is 5.91 Å². The topological polar surface area (TPSA) is 76.5 Å². The number of aryl methyl sites for hydroxylation is 1. The van der Waals surface area contributed by atoms with Crippen LogP contribution in [0.1, 0.15) is 27.4 Å². The number of rotatable bonds is 8. The molecule has 4 rings (SSSR count). The van der Waals surface area contributed by atoms with Crippen molar-refractivity contribution in [2.45, 2.75) is 20.0 Å². The number of hydrogen-bond acceptors (Lipinski definition) is 4. The number of aromatic amines is 1. The summed E-state index contributed by atoms with van der Waals surface area (Å²) in [5.41, 5.74) is 3.21. The summed E-state index contributed by atoms with van der Waals surface area (Å²) < 4.78 is 16.6. The molecular formula is C24H24N2O4. The van der Waals surface area contributed by atoms with Gasteiger partial charge in [-0.2, -0.15) is 0 Å². The van der Waals surface area contributed by atoms with Crippen molar-refractivity contribution in [3.8, 4) is 11.5 Å². The van der Waals surface area contributed by atoms with E-state index in [4.69, 9.17) is 13.9 Å². The van der Waals surface area contributed by atoms with Gasteiger partial charge in [0, 0.05) is 29.7 Å². The molecular weight excluding hydrogens is 380 g/mol. The Labute approximate surface area is 174 Å². The number of aromatic nitrogens is 1. The second-order valence-corrected chi connectivity index (χ2v) is 7.05. The molecule has 2 aromatic carbocycles. The molecule has 0 bridgehead atoms. The van der Waals surface area contributed by atoms with Crippen molar-refractivity contribution in [1.29, 1.82) is 0 Å². The predicted molar refractivity (Wildman–Crippen MR) is 115 cm³/mol. The quantitative estimate of drug-likeness (QED) is 0.449. The zero-order chi connectivity index (χ0) is 20.9. The molecule has 0 unspecified atom stereocenters. The second kappa shape index (κ2) is 8.78. The molecule has 6 heteroatoms. The standard InChI is InChI=1S/C24H24N2O4/c1-16-5-3-4-6-22(16)29-15-19-8-10-23(30-19)24(27)25-12-11-17-14-26-21-13-18(28-2)7-9-20(17)21/h3-10,13-14,26H,11-12,15H2,1-2H3,(H,25,27). The van der Waals surface area contributed by atoms with E-state index >= 15 is 0 Å². The fraction of sp³-hybridized carbons (Fsp3) is 0.208. The predicted octanol–water partition coefficient (Wildman–Crippen LogP) is 4.63. The highest BCUT2D eigenvalue weighted by molar-refractivity contribution is 5.91. The van der Waals surface area contributed by atoms with Gasteiger partial charge in [0.1, 0.15) is 23.9 Å². The smallest absolute Gasteiger partial charge is 0.287 e. The van der Waals surface area contributed by atoms with Crippen molar-refractivity contribution in [1.82, 2.24) is 10.3 Å². The van der Waals surface area contributed by atoms with Crippen LogP contribution in [0.4, 0.5) is 0 Å². The van der Waals surface area contributed by atoms with Gasteiger partial charge in [-0.3, -0.25) is 4.79 Å². The van der Waals surface area contributed by atoms with E-state index in [1.165, 1.54) is 0 Å². The van der Waals surface area contributed by atoms with E-state index in [0.29, 0.717) is 18.7 Å². The third-order valence-electron chi connectivity index (χ3n) is 5.00. The van der Waals surface area contributed by atoms with E-state index < -0.39 is 0 Å². The maximum Gasteiger partial charge on any atom is 0.287 e. The molecule has 2 aromatic heterocycles. The number of fused-ring (bicyclic) bond motifs is 1. The normalized spacial score (nSPS) is 10.9. The van der Waals surface area contributed by atoms with Crippen LogP contribution in [0.25, 0.3) is 10.9 Å². The number of benzene rings is 2. The summed E-state index contributed by atoms with van der Waals surface area (Å²) in [7, 11) is 1.65. The van der Waals surface area contributed by atoms with Crippen LogP contribution in [0, 0.1) is 6.92 Å². The number of hydrogen-bond donors (Lipinski definition) is 2. The number of nitrogens with one attached hydrogen (secondary N) is 2. The van der Waals surface area contributed by atoms with Crippen molar-refractivity contribution in [3.05, 3.63) is 83.4 Å². The van der Waals surface area contributed by atoms with Crippen LogP contribution in [0.15, 0.2) is 65.2 Å². The molecule has 2 N–H and O–H groups in total. The lowest BCUT2D eigenvalue weighted by Gasteiger charge is -2.07. The van der Waals surface area contributed by atoms with Gasteiger partial charge in [-0.1, -0.05) is 18.2 Å². The van der Waals surface area contributed by atoms with Crippen LogP contribution >= 0.6 is 0 Å². The molecule has 0 saturated carbocycles. The summed E-state index contributed by atoms with van der Waals surface area (Å²) in [6.07, 6.45) is 2.67. The first kappa shape index (κ1) is 19.6. The van der Waals surface area contributed by atoms with Gasteiger partial charge >= 0.3 is 0 Å². The summed E-state index contributed by atoms with van der Waals surface area (Å²) in [6.45, 7) is 2.77. The lowest BCUT2D eigenvalue weighted by molar-refractivity contribution is 0.0922. The van der Waals surface area contributed by atoms with Gasteiger partial charge in [0.2, 0.25) is 0 Å². The van der Waals surface area contributed by atoms with Crippen molar-refractivity contribution in [3.63, 3.8) is 0 Å². The molecule has 30 heavy (non-hydrogen) atoms. The minimum Gasteiger partial charge on any atom is -0.497 e. The Hall–Kier alpha value is -3.67. The highest BCUT2D eigenvalue weighted by Gasteiger charge is 2.12. The SMILES string of the molecule is COc1ccc2c(CCNC(=O)c3ccc(COc4ccccc4C)o3)c[nH]c2c1. The highest BCUT2D eigenvalue weighted by atomic mass is 16.5. The summed E-state index contributed by atoms with van der Waals surface area (Å²) in [5.74, 6) is 2.26. The third kappa shape index (κ3) is 4.33. The average Bonchev–Trinajstić information content (AvgIpc) is 3.40. The maximum atomic E-state index is 12.4. The lowest BCUT2D eigenvalue weighted by atomic mass is 10.1. The molecule has 0 aliphatic carbocycles. The number of ether oxygens (including phenoxy) is 2. The van der Waals surface area contributed by atoms with Gasteiger partial charge in [-0.05, 0) is 54.8 Å². The van der Waals surface area contributed by atoms with E-state index in [9.17, 15) is 4.79 Å². The Balaban J connectivity index is 1.30. The Morgan fingerprint density at radius 2 is 2.00 bits per heavy atom. The van der Waals surface area contributed by atoms with Gasteiger partial charge in [-0.15, -0.1) is 0 Å². The Bertz CT molecular complexity index is 1160. The first-order valence-corrected chi connectivity index (χ1v) is 9.83. The molecule has 0 atom stereocenters. The van der Waals surface area contributed by atoms with Crippen molar-refractivity contribution >= 4 is 16.8 Å². The van der Waals surface area contributed by atoms with E-state index in [1.807, 2.05) is 55.6 Å². The van der Waals surface area contributed by atoms with Crippen LogP contribution in [0.2, 0.25) is 0 Å². The fourth-order valence-electron chi connectivity index (χ4n) is 3.34. The second-order valence-electron chi connectivity index (χ2n) is 7.05. The van der Waals surface area contributed by atoms with Gasteiger partial charge in [0.15, 0.2) is 5.76 Å². The highest BCUT2D eigenvalue weighted by Crippen LogP contribution is 2.23. The minimum absolute atomic E-state index is 0.237. The first-order chi connectivity index (χ1) is 14.6. The van der Waals surface area contributed by atoms with Crippen LogP contribution in [0.5, 0.6) is 11.5 Å². The number of amides is 1. The molecule has 6 nitrogen and oxygen atoms in total. The van der Waals surface area contributed by atoms with Gasteiger partial charge in [-0.25, -0.2) is 0 Å². The summed E-state index contributed by atoms with van der Waals surface area (Å²) in [4.78, 5) is 15.6. The minimum atomic E-state index is -0.237. The molecule has 0 spiro atoms. The Morgan fingerprint density at radius 3 is 2.83 bits per heavy atom. The average molecular weight is 404 g/mol. The van der Waals surface area contributed by atoms with Crippen molar-refractivity contribution in [2.24, 2.45) is 0 Å². The van der Waals surface area contributed by atoms with Crippen LogP contribution < -0.4 is 14.8 Å². The van der Waals surface area contributed by atoms with E-state index in [1.54, 1.807) is 19.2 Å². The van der Waals surface area contributed by atoms with E-state index in [-0.39, 0.29) is 18.3 Å². The summed E-state index contributed by atoms with van der Waals surface area (Å²) in [6, 6.07) is 17.1. The summed E-state index contributed by atoms with van der Waals surface area (Å²) in [5, 5.41) is 4.03. The zero-order valence-corrected chi connectivity index (χ0v) is 17.0. The number of carbonyl (C=O) groups is 1. The molecule has 0 aliphatic heterocycles. The van der Waals surface area contributed by atoms with Crippen molar-refractivity contribution < 1.29 is 18.7 Å². The molecule has 4 aromatic rings. The first-order valence-electron chi connectivity index (χ1n) is 9.83. The maximum absolute atomic E-state index is 12.4. The third-order valence-corrected chi connectivity index (χ3v) is 5.00. The number of H-pyrrole nitrogens is 1. The molecule has 1 amide bonds. The number of methoxy groups -OCH3 is 1. The lowest BCUT2D eigenvalue weighted by Crippen LogP contribution is -2.25. The van der Waals surface area contributed by atoms with Gasteiger partial charge < -0.3 is 24.2 Å². The molecule has 2 heterocycles. The molecule has 0 fully saturated rings. The largest absolute Gasteiger partial charge is 0.497 e. The van der Waals surface area contributed by atoms with Crippen LogP contribution in [-0.2, 0) is 13.0 Å². The van der Waals surface area contributed by atoms with Crippen LogP contribution in [-0.4, -0.2) is 24.5 Å². The van der Waals surface area contributed by atoms with E-state index in [2.05, 4.69) is 10.3 Å². The van der Waals surface area contributed by atoms with Gasteiger partial charge in [0.05, 0.1) is 7.11 Å². The molecule has 0 saturated heterocycles. The summed E-state index contributed by atoms with van der Waals surface area (Å²) >= 11 is 0. The molecule has 154 valence electrons. The van der Waals surface area contributed by atoms with E-state index in [0.717, 1.165) is 33.5 Å². The number of carbonyl (C=O) groups excluding carboxylic acids is 1. The number of para-hydroxylation sites is 1. The van der Waals surface area contributed by atoms with Crippen molar-refractivity contribution in [2.75, 3.05) is 13.7 Å². The monoisotopic (exact) mass is 404 g/mol. The zero-order valence-electron chi connectivity index (χ0n) is 17.0. The molecule has 0 radical (unpaired) electrons.